The number of nitrogens with zero attached hydrogens (tertiary/aromatic N) is 1. The molecule has 0 saturated carbocycles. The topological polar surface area (TPSA) is 69.4 Å². The quantitative estimate of drug-likeness (QED) is 0.355. The van der Waals surface area contributed by atoms with Gasteiger partial charge in [0.25, 0.3) is 5.69 Å². The zero-order valence-corrected chi connectivity index (χ0v) is 12.4. The zero-order valence-electron chi connectivity index (χ0n) is 9.40. The van der Waals surface area contributed by atoms with Crippen LogP contribution in [0, 0.1) is 10.1 Å². The van der Waals surface area contributed by atoms with Gasteiger partial charge in [-0.25, -0.2) is 0 Å². The molecule has 0 spiro atoms. The lowest BCUT2D eigenvalue weighted by atomic mass is 10.1. The molecule has 0 unspecified atom stereocenters. The van der Waals surface area contributed by atoms with E-state index in [1.54, 1.807) is 0 Å². The predicted octanol–water partition coefficient (Wildman–Crippen LogP) is 4.22. The van der Waals surface area contributed by atoms with Crippen LogP contribution in [0.1, 0.15) is 18.6 Å². The van der Waals surface area contributed by atoms with E-state index in [1.807, 2.05) is 0 Å². The zero-order chi connectivity index (χ0) is 14.8. The first-order valence-corrected chi connectivity index (χ1v) is 6.32. The Hall–Kier alpha value is -0.750. The van der Waals surface area contributed by atoms with Crippen LogP contribution in [0.2, 0.25) is 5.02 Å². The molecule has 1 atom stereocenters. The van der Waals surface area contributed by atoms with Gasteiger partial charge in [-0.1, -0.05) is 46.4 Å². The van der Waals surface area contributed by atoms with E-state index in [1.165, 1.54) is 12.1 Å². The van der Waals surface area contributed by atoms with Crippen LogP contribution in [0.15, 0.2) is 18.2 Å². The number of carbonyl (C=O) groups excluding carboxylic acids is 1. The van der Waals surface area contributed by atoms with Gasteiger partial charge in [0.15, 0.2) is 6.10 Å². The molecule has 19 heavy (non-hydrogen) atoms. The van der Waals surface area contributed by atoms with Crippen molar-refractivity contribution in [2.45, 2.75) is 16.8 Å². The molecule has 104 valence electrons. The number of rotatable bonds is 3. The molecule has 0 radical (unpaired) electrons. The Morgan fingerprint density at radius 3 is 2.42 bits per heavy atom. The standard InChI is InChI=1S/C10H7Cl4NO4/c1-5(16)19-9(10(12,13)14)7-4-6(15(17)18)2-3-8(7)11/h2-4,9H,1H3/t9-/m0/s1. The van der Waals surface area contributed by atoms with Gasteiger partial charge in [0.2, 0.25) is 3.79 Å². The average Bonchev–Trinajstić information content (AvgIpc) is 2.25. The monoisotopic (exact) mass is 345 g/mol. The molecule has 9 heteroatoms. The van der Waals surface area contributed by atoms with E-state index in [0.717, 1.165) is 13.0 Å². The molecular formula is C10H7Cl4NO4. The summed E-state index contributed by atoms with van der Waals surface area (Å²) in [4.78, 5) is 21.1. The van der Waals surface area contributed by atoms with Crippen LogP contribution in [0.25, 0.3) is 0 Å². The van der Waals surface area contributed by atoms with Gasteiger partial charge in [-0.15, -0.1) is 0 Å². The van der Waals surface area contributed by atoms with Gasteiger partial charge in [-0.2, -0.15) is 0 Å². The molecule has 1 aromatic rings. The fourth-order valence-corrected chi connectivity index (χ4v) is 2.02. The maximum absolute atomic E-state index is 11.0. The number of carbonyl (C=O) groups is 1. The van der Waals surface area contributed by atoms with Crippen LogP contribution in [0.4, 0.5) is 5.69 Å². The number of nitro benzene ring substituents is 1. The molecule has 0 aliphatic carbocycles. The summed E-state index contributed by atoms with van der Waals surface area (Å²) in [7, 11) is 0. The normalized spacial score (nSPS) is 12.9. The summed E-state index contributed by atoms with van der Waals surface area (Å²) < 4.78 is 2.87. The first-order valence-electron chi connectivity index (χ1n) is 4.80. The summed E-state index contributed by atoms with van der Waals surface area (Å²) in [5.41, 5.74) is -0.211. The van der Waals surface area contributed by atoms with Crippen molar-refractivity contribution in [3.63, 3.8) is 0 Å². The minimum absolute atomic E-state index is 0.0473. The van der Waals surface area contributed by atoms with Crippen molar-refractivity contribution < 1.29 is 14.5 Å². The highest BCUT2D eigenvalue weighted by atomic mass is 35.6. The van der Waals surface area contributed by atoms with Gasteiger partial charge in [-0.3, -0.25) is 14.9 Å². The van der Waals surface area contributed by atoms with Crippen LogP contribution in [-0.2, 0) is 9.53 Å². The lowest BCUT2D eigenvalue weighted by Crippen LogP contribution is -2.23. The van der Waals surface area contributed by atoms with Gasteiger partial charge >= 0.3 is 5.97 Å². The summed E-state index contributed by atoms with van der Waals surface area (Å²) in [6.07, 6.45) is -1.35. The van der Waals surface area contributed by atoms with E-state index in [2.05, 4.69) is 0 Å². The minimum Gasteiger partial charge on any atom is -0.453 e. The second-order valence-corrected chi connectivity index (χ2v) is 6.27. The summed E-state index contributed by atoms with van der Waals surface area (Å²) in [6, 6.07) is 3.55. The average molecular weight is 347 g/mol. The smallest absolute Gasteiger partial charge is 0.303 e. The van der Waals surface area contributed by atoms with Crippen molar-refractivity contribution in [2.24, 2.45) is 0 Å². The Balaban J connectivity index is 3.32. The Morgan fingerprint density at radius 2 is 2.00 bits per heavy atom. The van der Waals surface area contributed by atoms with E-state index in [4.69, 9.17) is 51.1 Å². The summed E-state index contributed by atoms with van der Waals surface area (Å²) >= 11 is 23.0. The molecule has 0 N–H and O–H groups in total. The van der Waals surface area contributed by atoms with E-state index in [9.17, 15) is 14.9 Å². The van der Waals surface area contributed by atoms with Crippen LogP contribution in [-0.4, -0.2) is 14.7 Å². The molecular weight excluding hydrogens is 340 g/mol. The molecule has 5 nitrogen and oxygen atoms in total. The number of alkyl halides is 3. The van der Waals surface area contributed by atoms with E-state index < -0.39 is 20.8 Å². The fourth-order valence-electron chi connectivity index (χ4n) is 1.32. The van der Waals surface area contributed by atoms with Crippen molar-refractivity contribution in [3.8, 4) is 0 Å². The third-order valence-corrected chi connectivity index (χ3v) is 2.99. The molecule has 0 aliphatic heterocycles. The van der Waals surface area contributed by atoms with Crippen LogP contribution in [0.3, 0.4) is 0 Å². The number of hydrogen-bond donors (Lipinski definition) is 0. The number of halogens is 4. The molecule has 0 fully saturated rings. The van der Waals surface area contributed by atoms with E-state index in [0.29, 0.717) is 0 Å². The van der Waals surface area contributed by atoms with Crippen LogP contribution < -0.4 is 0 Å². The maximum Gasteiger partial charge on any atom is 0.303 e. The molecule has 0 amide bonds. The molecule has 0 aromatic heterocycles. The van der Waals surface area contributed by atoms with Gasteiger partial charge in [0, 0.05) is 29.6 Å². The number of nitro groups is 1. The summed E-state index contributed by atoms with van der Waals surface area (Å²) in [5.74, 6) is -0.709. The second kappa shape index (κ2) is 6.13. The summed E-state index contributed by atoms with van der Waals surface area (Å²) in [5, 5.41) is 10.8. The van der Waals surface area contributed by atoms with Crippen LogP contribution in [0.5, 0.6) is 0 Å². The van der Waals surface area contributed by atoms with Gasteiger partial charge < -0.3 is 4.74 Å². The van der Waals surface area contributed by atoms with Crippen molar-refractivity contribution in [1.29, 1.82) is 0 Å². The fraction of sp³-hybridized carbons (Fsp3) is 0.300. The summed E-state index contributed by atoms with van der Waals surface area (Å²) in [6.45, 7) is 1.12. The molecule has 0 heterocycles. The highest BCUT2D eigenvalue weighted by Crippen LogP contribution is 2.45. The second-order valence-electron chi connectivity index (χ2n) is 3.49. The lowest BCUT2D eigenvalue weighted by molar-refractivity contribution is -0.385. The Morgan fingerprint density at radius 1 is 1.42 bits per heavy atom. The molecule has 1 aromatic carbocycles. The van der Waals surface area contributed by atoms with E-state index >= 15 is 0 Å². The SMILES string of the molecule is CC(=O)O[C@@H](c1cc([N+](=O)[O-])ccc1Cl)C(Cl)(Cl)Cl. The third kappa shape index (κ3) is 4.38. The largest absolute Gasteiger partial charge is 0.453 e. The van der Waals surface area contributed by atoms with Gasteiger partial charge in [-0.05, 0) is 6.07 Å². The highest BCUT2D eigenvalue weighted by molar-refractivity contribution is 6.68. The number of ether oxygens (including phenoxy) is 1. The first kappa shape index (κ1) is 16.3. The number of hydrogen-bond acceptors (Lipinski definition) is 4. The maximum atomic E-state index is 11.0. The predicted molar refractivity (Wildman–Crippen MR) is 72.9 cm³/mol. The van der Waals surface area contributed by atoms with Gasteiger partial charge in [0.1, 0.15) is 0 Å². The van der Waals surface area contributed by atoms with Crippen molar-refractivity contribution in [1.82, 2.24) is 0 Å². The molecule has 0 bridgehead atoms. The van der Waals surface area contributed by atoms with Crippen LogP contribution >= 0.6 is 46.4 Å². The number of esters is 1. The van der Waals surface area contributed by atoms with Crippen molar-refractivity contribution >= 4 is 58.1 Å². The van der Waals surface area contributed by atoms with Gasteiger partial charge in [0.05, 0.1) is 4.92 Å². The van der Waals surface area contributed by atoms with Crippen molar-refractivity contribution in [2.75, 3.05) is 0 Å². The first-order chi connectivity index (χ1) is 8.62. The Labute approximate surface area is 128 Å². The number of non-ortho nitro benzene ring substituents is 1. The number of benzene rings is 1. The molecule has 0 saturated heterocycles. The Bertz CT molecular complexity index is 515. The van der Waals surface area contributed by atoms with Crippen molar-refractivity contribution in [3.05, 3.63) is 38.9 Å². The molecule has 0 aliphatic rings. The van der Waals surface area contributed by atoms with E-state index in [-0.39, 0.29) is 16.3 Å². The Kier molecular flexibility index (Phi) is 5.26. The lowest BCUT2D eigenvalue weighted by Gasteiger charge is -2.24. The third-order valence-electron chi connectivity index (χ3n) is 2.05. The molecule has 1 rings (SSSR count). The minimum atomic E-state index is -2.01. The highest BCUT2D eigenvalue weighted by Gasteiger charge is 2.38.